The Morgan fingerprint density at radius 3 is 2.74 bits per heavy atom. The van der Waals surface area contributed by atoms with Crippen molar-refractivity contribution < 1.29 is 9.63 Å². The molecular weight excluding hydrogens is 296 g/mol. The molecular formula is C16H22N4O3. The van der Waals surface area contributed by atoms with Crippen molar-refractivity contribution in [3.05, 3.63) is 46.4 Å². The third-order valence-corrected chi connectivity index (χ3v) is 3.78. The molecule has 2 aromatic rings. The van der Waals surface area contributed by atoms with Crippen LogP contribution in [0.15, 0.2) is 29.6 Å². The first-order chi connectivity index (χ1) is 11.0. The number of nitrogens with zero attached hydrogens (tertiary/aromatic N) is 3. The summed E-state index contributed by atoms with van der Waals surface area (Å²) < 4.78 is 3.11. The van der Waals surface area contributed by atoms with Gasteiger partial charge in [0.2, 0.25) is 5.91 Å². The first kappa shape index (κ1) is 16.8. The van der Waals surface area contributed by atoms with Gasteiger partial charge in [0.25, 0.3) is 0 Å². The molecule has 0 aliphatic carbocycles. The van der Waals surface area contributed by atoms with E-state index in [1.165, 1.54) is 4.68 Å². The molecule has 23 heavy (non-hydrogen) atoms. The monoisotopic (exact) mass is 318 g/mol. The normalized spacial score (nSPS) is 10.7. The van der Waals surface area contributed by atoms with Crippen molar-refractivity contribution in [2.24, 2.45) is 14.1 Å². The summed E-state index contributed by atoms with van der Waals surface area (Å²) in [7, 11) is 3.52. The average molecular weight is 318 g/mol. The number of hydrogen-bond acceptors (Lipinski definition) is 3. The van der Waals surface area contributed by atoms with E-state index in [-0.39, 0.29) is 11.6 Å². The van der Waals surface area contributed by atoms with Crippen molar-refractivity contribution in [2.45, 2.75) is 19.8 Å². The Balaban J connectivity index is 2.25. The van der Waals surface area contributed by atoms with E-state index in [1.54, 1.807) is 29.5 Å². The third-order valence-electron chi connectivity index (χ3n) is 3.78. The molecule has 7 nitrogen and oxygen atoms in total. The van der Waals surface area contributed by atoms with Crippen LogP contribution in [0.3, 0.4) is 0 Å². The van der Waals surface area contributed by atoms with Gasteiger partial charge in [0.1, 0.15) is 0 Å². The van der Waals surface area contributed by atoms with Gasteiger partial charge < -0.3 is 0 Å². The van der Waals surface area contributed by atoms with E-state index in [4.69, 9.17) is 4.84 Å². The van der Waals surface area contributed by atoms with Crippen LogP contribution < -0.4 is 11.2 Å². The van der Waals surface area contributed by atoms with E-state index in [0.29, 0.717) is 19.4 Å². The molecule has 0 atom stereocenters. The first-order valence-electron chi connectivity index (χ1n) is 7.47. The molecule has 1 heterocycles. The molecule has 0 spiro atoms. The second-order valence-corrected chi connectivity index (χ2v) is 5.13. The maximum atomic E-state index is 12.1. The lowest BCUT2D eigenvalue weighted by Crippen LogP contribution is -2.47. The number of hydroxylamine groups is 1. The van der Waals surface area contributed by atoms with E-state index >= 15 is 0 Å². The van der Waals surface area contributed by atoms with Crippen LogP contribution in [0.1, 0.15) is 24.5 Å². The number of aromatic nitrogens is 3. The molecule has 1 aromatic heterocycles. The quantitative estimate of drug-likeness (QED) is 0.615. The second kappa shape index (κ2) is 7.15. The van der Waals surface area contributed by atoms with Gasteiger partial charge in [-0.1, -0.05) is 31.7 Å². The van der Waals surface area contributed by atoms with Crippen molar-refractivity contribution in [1.29, 1.82) is 0 Å². The Hall–Kier alpha value is -2.54. The van der Waals surface area contributed by atoms with Crippen LogP contribution in [0.5, 0.6) is 0 Å². The molecule has 0 aliphatic rings. The smallest absolute Gasteiger partial charge is 0.273 e. The molecule has 0 aliphatic heterocycles. The third kappa shape index (κ3) is 3.29. The van der Waals surface area contributed by atoms with Crippen LogP contribution >= 0.6 is 0 Å². The summed E-state index contributed by atoms with van der Waals surface area (Å²) in [5.74, 6) is -0.165. The molecule has 1 N–H and O–H groups in total. The van der Waals surface area contributed by atoms with Crippen LogP contribution in [-0.2, 0) is 30.1 Å². The summed E-state index contributed by atoms with van der Waals surface area (Å²) in [6.07, 6.45) is 2.66. The van der Waals surface area contributed by atoms with Gasteiger partial charge in [0.15, 0.2) is 0 Å². The lowest BCUT2D eigenvalue weighted by atomic mass is 10.0. The summed E-state index contributed by atoms with van der Waals surface area (Å²) in [5, 5.41) is 0. The van der Waals surface area contributed by atoms with Gasteiger partial charge in [0.05, 0.1) is 12.3 Å². The maximum Gasteiger partial charge on any atom is 0.364 e. The number of hydrogen-bond donors (Lipinski definition) is 1. The number of benzene rings is 1. The summed E-state index contributed by atoms with van der Waals surface area (Å²) in [6.45, 7) is 5.89. The van der Waals surface area contributed by atoms with Crippen LogP contribution in [-0.4, -0.2) is 26.7 Å². The molecule has 0 saturated carbocycles. The van der Waals surface area contributed by atoms with Gasteiger partial charge in [-0.25, -0.2) is 19.8 Å². The summed E-state index contributed by atoms with van der Waals surface area (Å²) in [4.78, 5) is 30.2. The van der Waals surface area contributed by atoms with Gasteiger partial charge in [-0.15, -0.1) is 0 Å². The zero-order chi connectivity index (χ0) is 17.0. The maximum absolute atomic E-state index is 12.1. The largest absolute Gasteiger partial charge is 0.364 e. The molecule has 0 fully saturated rings. The Morgan fingerprint density at radius 2 is 2.13 bits per heavy atom. The standard InChI is InChI=1S/C16H22N4O3/c1-5-12-8-7-9-14(20-16(22)18(3)19(20)4)13(12)10-11-23-17-15(21)6-2/h5,7-9H,1,6,10-11H2,2-4H3,(H,17,21). The molecule has 1 amide bonds. The lowest BCUT2D eigenvalue weighted by molar-refractivity contribution is -0.133. The lowest BCUT2D eigenvalue weighted by Gasteiger charge is -2.24. The van der Waals surface area contributed by atoms with Gasteiger partial charge in [-0.05, 0) is 17.2 Å². The fourth-order valence-electron chi connectivity index (χ4n) is 2.35. The number of amides is 1. The van der Waals surface area contributed by atoms with Crippen LogP contribution in [0.4, 0.5) is 0 Å². The van der Waals surface area contributed by atoms with Crippen LogP contribution in [0.25, 0.3) is 11.8 Å². The van der Waals surface area contributed by atoms with Crippen LogP contribution in [0.2, 0.25) is 0 Å². The van der Waals surface area contributed by atoms with E-state index in [0.717, 1.165) is 16.8 Å². The molecule has 124 valence electrons. The highest BCUT2D eigenvalue weighted by Crippen LogP contribution is 2.20. The zero-order valence-electron chi connectivity index (χ0n) is 13.7. The van der Waals surface area contributed by atoms with E-state index in [2.05, 4.69) is 12.1 Å². The highest BCUT2D eigenvalue weighted by Gasteiger charge is 2.16. The summed E-state index contributed by atoms with van der Waals surface area (Å²) >= 11 is 0. The SMILES string of the molecule is C=Cc1cccc(-n2c(=O)n(C)n2C)c1CCONC(=O)CC. The summed E-state index contributed by atoms with van der Waals surface area (Å²) in [5.41, 5.74) is 4.95. The predicted molar refractivity (Wildman–Crippen MR) is 88.2 cm³/mol. The second-order valence-electron chi connectivity index (χ2n) is 5.13. The minimum absolute atomic E-state index is 0.102. The molecule has 0 bridgehead atoms. The molecule has 0 saturated heterocycles. The van der Waals surface area contributed by atoms with Crippen molar-refractivity contribution >= 4 is 12.0 Å². The van der Waals surface area contributed by atoms with Gasteiger partial charge in [-0.3, -0.25) is 9.63 Å². The number of rotatable bonds is 7. The Kier molecular flexibility index (Phi) is 5.23. The number of carbonyl (C=O) groups excluding carboxylic acids is 1. The molecule has 0 radical (unpaired) electrons. The number of carbonyl (C=O) groups is 1. The average Bonchev–Trinajstić information content (AvgIpc) is 2.58. The van der Waals surface area contributed by atoms with Crippen molar-refractivity contribution in [3.8, 4) is 5.69 Å². The molecule has 7 heteroatoms. The van der Waals surface area contributed by atoms with Gasteiger partial charge in [0, 0.05) is 26.9 Å². The number of nitrogens with one attached hydrogen (secondary N) is 1. The van der Waals surface area contributed by atoms with Crippen molar-refractivity contribution in [2.75, 3.05) is 6.61 Å². The fraction of sp³-hybridized carbons (Fsp3) is 0.375. The zero-order valence-corrected chi connectivity index (χ0v) is 13.7. The van der Waals surface area contributed by atoms with Gasteiger partial charge in [-0.2, -0.15) is 4.68 Å². The Bertz CT molecular complexity index is 767. The minimum Gasteiger partial charge on any atom is -0.273 e. The molecule has 1 aromatic carbocycles. The highest BCUT2D eigenvalue weighted by atomic mass is 16.6. The summed E-state index contributed by atoms with van der Waals surface area (Å²) in [6, 6.07) is 5.70. The van der Waals surface area contributed by atoms with E-state index < -0.39 is 0 Å². The Morgan fingerprint density at radius 1 is 1.39 bits per heavy atom. The topological polar surface area (TPSA) is 70.2 Å². The van der Waals surface area contributed by atoms with E-state index in [9.17, 15) is 9.59 Å². The van der Waals surface area contributed by atoms with Crippen molar-refractivity contribution in [1.82, 2.24) is 19.6 Å². The molecule has 0 unspecified atom stereocenters. The van der Waals surface area contributed by atoms with Gasteiger partial charge >= 0.3 is 5.69 Å². The minimum atomic E-state index is -0.165. The first-order valence-corrected chi connectivity index (χ1v) is 7.47. The fourth-order valence-corrected chi connectivity index (χ4v) is 2.35. The predicted octanol–water partition coefficient (Wildman–Crippen LogP) is 1.16. The van der Waals surface area contributed by atoms with E-state index in [1.807, 2.05) is 25.2 Å². The molecule has 2 rings (SSSR count). The highest BCUT2D eigenvalue weighted by molar-refractivity contribution is 5.74. The Labute approximate surface area is 134 Å². The van der Waals surface area contributed by atoms with Crippen LogP contribution in [0, 0.1) is 0 Å². The van der Waals surface area contributed by atoms with Crippen molar-refractivity contribution in [3.63, 3.8) is 0 Å².